The van der Waals surface area contributed by atoms with Gasteiger partial charge >= 0.3 is 0 Å². The van der Waals surface area contributed by atoms with Crippen molar-refractivity contribution in [1.82, 2.24) is 0 Å². The average molecular weight is 264 g/mol. The molecular formula is C19H20O. The second-order valence-corrected chi connectivity index (χ2v) is 6.08. The van der Waals surface area contributed by atoms with E-state index in [2.05, 4.69) is 64.1 Å². The van der Waals surface area contributed by atoms with Gasteiger partial charge in [-0.15, -0.1) is 0 Å². The summed E-state index contributed by atoms with van der Waals surface area (Å²) in [4.78, 5) is 12.3. The fraction of sp³-hybridized carbons (Fsp3) is 0.316. The standard InChI is InChI=1S/C19H20O/c1-11-5-7-15(13(3)9-11)17-18(19(17)20)16-8-6-12(2)10-14(16)4/h5-10,17-18H,1-4H3. The molecule has 2 aromatic rings. The van der Waals surface area contributed by atoms with E-state index in [1.807, 2.05) is 0 Å². The van der Waals surface area contributed by atoms with Crippen LogP contribution in [-0.4, -0.2) is 5.78 Å². The first-order valence-electron chi connectivity index (χ1n) is 7.17. The first kappa shape index (κ1) is 13.1. The smallest absolute Gasteiger partial charge is 0.149 e. The highest BCUT2D eigenvalue weighted by molar-refractivity contribution is 6.09. The van der Waals surface area contributed by atoms with Crippen molar-refractivity contribution >= 4 is 5.78 Å². The second-order valence-electron chi connectivity index (χ2n) is 6.08. The molecule has 0 bridgehead atoms. The summed E-state index contributed by atoms with van der Waals surface area (Å²) in [5.74, 6) is 0.498. The van der Waals surface area contributed by atoms with E-state index in [4.69, 9.17) is 0 Å². The van der Waals surface area contributed by atoms with E-state index in [-0.39, 0.29) is 11.8 Å². The molecule has 1 aliphatic rings. The number of hydrogen-bond donors (Lipinski definition) is 0. The molecule has 3 rings (SSSR count). The largest absolute Gasteiger partial charge is 0.298 e. The maximum absolute atomic E-state index is 12.3. The van der Waals surface area contributed by atoms with Crippen LogP contribution in [0, 0.1) is 27.7 Å². The SMILES string of the molecule is Cc1ccc(C2C(=O)C2c2ccc(C)cc2C)c(C)c1. The van der Waals surface area contributed by atoms with Gasteiger partial charge in [-0.2, -0.15) is 0 Å². The van der Waals surface area contributed by atoms with E-state index in [0.29, 0.717) is 5.78 Å². The predicted octanol–water partition coefficient (Wildman–Crippen LogP) is 4.37. The molecule has 1 fully saturated rings. The molecule has 0 radical (unpaired) electrons. The van der Waals surface area contributed by atoms with Crippen LogP contribution in [0.5, 0.6) is 0 Å². The Morgan fingerprint density at radius 1 is 0.700 bits per heavy atom. The molecule has 1 heteroatoms. The topological polar surface area (TPSA) is 17.1 Å². The Bertz CT molecular complexity index is 637. The van der Waals surface area contributed by atoms with Gasteiger partial charge in [0.05, 0.1) is 11.8 Å². The van der Waals surface area contributed by atoms with E-state index in [9.17, 15) is 4.79 Å². The summed E-state index contributed by atoms with van der Waals surface area (Å²) < 4.78 is 0. The Kier molecular flexibility index (Phi) is 3.01. The molecule has 0 aromatic heterocycles. The number of aryl methyl sites for hydroxylation is 4. The molecule has 2 aromatic carbocycles. The minimum absolute atomic E-state index is 0.0667. The molecule has 0 N–H and O–H groups in total. The van der Waals surface area contributed by atoms with Crippen molar-refractivity contribution < 1.29 is 4.79 Å². The average Bonchev–Trinajstić information content (AvgIpc) is 3.00. The maximum Gasteiger partial charge on any atom is 0.149 e. The van der Waals surface area contributed by atoms with Crippen LogP contribution in [0.25, 0.3) is 0 Å². The van der Waals surface area contributed by atoms with Gasteiger partial charge in [0.25, 0.3) is 0 Å². The normalized spacial score (nSPS) is 21.1. The van der Waals surface area contributed by atoms with Gasteiger partial charge in [-0.1, -0.05) is 47.5 Å². The van der Waals surface area contributed by atoms with Crippen LogP contribution in [0.1, 0.15) is 45.2 Å². The van der Waals surface area contributed by atoms with Gasteiger partial charge in [0.1, 0.15) is 5.78 Å². The van der Waals surface area contributed by atoms with Crippen molar-refractivity contribution in [3.05, 3.63) is 69.8 Å². The minimum Gasteiger partial charge on any atom is -0.298 e. The number of benzene rings is 2. The predicted molar refractivity (Wildman–Crippen MR) is 82.3 cm³/mol. The first-order valence-corrected chi connectivity index (χ1v) is 7.17. The number of Topliss-reactive ketones (excluding diaryl/α,β-unsaturated/α-hetero) is 1. The number of rotatable bonds is 2. The molecule has 20 heavy (non-hydrogen) atoms. The molecular weight excluding hydrogens is 244 g/mol. The van der Waals surface area contributed by atoms with E-state index >= 15 is 0 Å². The Labute approximate surface area is 120 Å². The first-order chi connectivity index (χ1) is 9.49. The molecule has 0 heterocycles. The van der Waals surface area contributed by atoms with Crippen LogP contribution in [0.15, 0.2) is 36.4 Å². The van der Waals surface area contributed by atoms with Crippen LogP contribution < -0.4 is 0 Å². The van der Waals surface area contributed by atoms with Gasteiger partial charge in [-0.05, 0) is 49.9 Å². The van der Waals surface area contributed by atoms with Crippen LogP contribution in [0.2, 0.25) is 0 Å². The van der Waals surface area contributed by atoms with E-state index in [1.54, 1.807) is 0 Å². The highest BCUT2D eigenvalue weighted by Crippen LogP contribution is 2.52. The van der Waals surface area contributed by atoms with Crippen molar-refractivity contribution in [1.29, 1.82) is 0 Å². The lowest BCUT2D eigenvalue weighted by Crippen LogP contribution is -1.92. The van der Waals surface area contributed by atoms with E-state index in [1.165, 1.54) is 33.4 Å². The number of carbonyl (C=O) groups excluding carboxylic acids is 1. The van der Waals surface area contributed by atoms with Crippen molar-refractivity contribution in [2.75, 3.05) is 0 Å². The molecule has 0 amide bonds. The fourth-order valence-electron chi connectivity index (χ4n) is 3.25. The highest BCUT2D eigenvalue weighted by Gasteiger charge is 2.51. The van der Waals surface area contributed by atoms with Crippen molar-refractivity contribution in [3.8, 4) is 0 Å². The zero-order valence-electron chi connectivity index (χ0n) is 12.5. The quantitative estimate of drug-likeness (QED) is 0.787. The summed E-state index contributed by atoms with van der Waals surface area (Å²) in [6.45, 7) is 8.39. The number of hydrogen-bond acceptors (Lipinski definition) is 1. The summed E-state index contributed by atoms with van der Waals surface area (Å²) in [5.41, 5.74) is 7.37. The van der Waals surface area contributed by atoms with Crippen LogP contribution >= 0.6 is 0 Å². The molecule has 0 saturated heterocycles. The number of ketones is 1. The van der Waals surface area contributed by atoms with Gasteiger partial charge in [0.2, 0.25) is 0 Å². The Morgan fingerprint density at radius 3 is 1.45 bits per heavy atom. The van der Waals surface area contributed by atoms with Crippen LogP contribution in [-0.2, 0) is 4.79 Å². The maximum atomic E-state index is 12.3. The van der Waals surface area contributed by atoms with Crippen molar-refractivity contribution in [2.24, 2.45) is 0 Å². The summed E-state index contributed by atoms with van der Waals surface area (Å²) in [5, 5.41) is 0. The molecule has 1 saturated carbocycles. The number of carbonyl (C=O) groups is 1. The summed E-state index contributed by atoms with van der Waals surface area (Å²) in [7, 11) is 0. The van der Waals surface area contributed by atoms with Crippen molar-refractivity contribution in [3.63, 3.8) is 0 Å². The lowest BCUT2D eigenvalue weighted by Gasteiger charge is -2.07. The fourth-order valence-corrected chi connectivity index (χ4v) is 3.25. The highest BCUT2D eigenvalue weighted by atomic mass is 16.1. The second kappa shape index (κ2) is 4.59. The van der Waals surface area contributed by atoms with Gasteiger partial charge in [-0.3, -0.25) is 4.79 Å². The molecule has 1 nitrogen and oxygen atoms in total. The molecule has 2 unspecified atom stereocenters. The van der Waals surface area contributed by atoms with Gasteiger partial charge in [0.15, 0.2) is 0 Å². The van der Waals surface area contributed by atoms with Gasteiger partial charge in [0, 0.05) is 0 Å². The molecule has 0 aliphatic heterocycles. The third-order valence-electron chi connectivity index (χ3n) is 4.36. The molecule has 0 spiro atoms. The molecule has 1 aliphatic carbocycles. The molecule has 2 atom stereocenters. The van der Waals surface area contributed by atoms with Gasteiger partial charge in [-0.25, -0.2) is 0 Å². The Hall–Kier alpha value is -1.89. The molecule has 102 valence electrons. The minimum atomic E-state index is 0.0667. The summed E-state index contributed by atoms with van der Waals surface area (Å²) in [6.07, 6.45) is 0. The monoisotopic (exact) mass is 264 g/mol. The van der Waals surface area contributed by atoms with Crippen molar-refractivity contribution in [2.45, 2.75) is 39.5 Å². The third-order valence-corrected chi connectivity index (χ3v) is 4.36. The summed E-state index contributed by atoms with van der Waals surface area (Å²) >= 11 is 0. The lowest BCUT2D eigenvalue weighted by atomic mass is 9.96. The zero-order chi connectivity index (χ0) is 14.4. The van der Waals surface area contributed by atoms with E-state index < -0.39 is 0 Å². The lowest BCUT2D eigenvalue weighted by molar-refractivity contribution is -0.110. The Balaban J connectivity index is 1.96. The van der Waals surface area contributed by atoms with Gasteiger partial charge < -0.3 is 0 Å². The van der Waals surface area contributed by atoms with Crippen LogP contribution in [0.3, 0.4) is 0 Å². The Morgan fingerprint density at radius 2 is 1.10 bits per heavy atom. The van der Waals surface area contributed by atoms with Crippen LogP contribution in [0.4, 0.5) is 0 Å². The summed E-state index contributed by atoms with van der Waals surface area (Å²) in [6, 6.07) is 12.8. The third kappa shape index (κ3) is 2.07. The van der Waals surface area contributed by atoms with E-state index in [0.717, 1.165) is 0 Å². The zero-order valence-corrected chi connectivity index (χ0v) is 12.5.